The van der Waals surface area contributed by atoms with E-state index in [4.69, 9.17) is 11.6 Å². The zero-order chi connectivity index (χ0) is 12.3. The first-order valence-corrected chi connectivity index (χ1v) is 5.44. The van der Waals surface area contributed by atoms with Gasteiger partial charge in [0, 0.05) is 25.7 Å². The summed E-state index contributed by atoms with van der Waals surface area (Å²) in [5.74, 6) is 0.510. The molecule has 5 heteroatoms. The molecule has 4 nitrogen and oxygen atoms in total. The summed E-state index contributed by atoms with van der Waals surface area (Å²) < 4.78 is 0. The number of hydrogen-bond acceptors (Lipinski definition) is 3. The highest BCUT2D eigenvalue weighted by Crippen LogP contribution is 2.29. The molecule has 1 aromatic carbocycles. The summed E-state index contributed by atoms with van der Waals surface area (Å²) in [6, 6.07) is 4.54. The summed E-state index contributed by atoms with van der Waals surface area (Å²) in [6.45, 7) is 5.07. The average molecular weight is 243 g/mol. The minimum absolute atomic E-state index is 0.0201. The fourth-order valence-electron chi connectivity index (χ4n) is 1.57. The highest BCUT2D eigenvalue weighted by Gasteiger charge is 2.12. The highest BCUT2D eigenvalue weighted by molar-refractivity contribution is 6.33. The maximum atomic E-state index is 10.5. The van der Waals surface area contributed by atoms with Crippen molar-refractivity contribution in [2.45, 2.75) is 13.8 Å². The van der Waals surface area contributed by atoms with E-state index in [1.165, 1.54) is 12.1 Å². The molecule has 0 N–H and O–H groups in total. The number of non-ortho nitro benzene ring substituents is 1. The second-order valence-electron chi connectivity index (χ2n) is 4.17. The van der Waals surface area contributed by atoms with Gasteiger partial charge >= 0.3 is 0 Å². The van der Waals surface area contributed by atoms with Crippen LogP contribution in [0.2, 0.25) is 5.02 Å². The van der Waals surface area contributed by atoms with Gasteiger partial charge in [-0.1, -0.05) is 25.4 Å². The molecule has 0 atom stereocenters. The lowest BCUT2D eigenvalue weighted by molar-refractivity contribution is -0.384. The molecule has 0 aliphatic carbocycles. The Hall–Kier alpha value is -1.29. The van der Waals surface area contributed by atoms with Crippen LogP contribution in [0.3, 0.4) is 0 Å². The first-order chi connectivity index (χ1) is 7.41. The molecule has 0 radical (unpaired) electrons. The molecule has 0 bridgehead atoms. The van der Waals surface area contributed by atoms with Gasteiger partial charge in [-0.3, -0.25) is 10.1 Å². The molecule has 0 saturated carbocycles. The number of anilines is 1. The number of nitro groups is 1. The van der Waals surface area contributed by atoms with Crippen molar-refractivity contribution >= 4 is 23.0 Å². The van der Waals surface area contributed by atoms with Gasteiger partial charge in [-0.05, 0) is 12.0 Å². The van der Waals surface area contributed by atoms with Gasteiger partial charge in [0.2, 0.25) is 0 Å². The number of nitrogens with zero attached hydrogens (tertiary/aromatic N) is 2. The van der Waals surface area contributed by atoms with Gasteiger partial charge < -0.3 is 4.90 Å². The van der Waals surface area contributed by atoms with Crippen LogP contribution in [-0.2, 0) is 0 Å². The molecule has 1 rings (SSSR count). The molecular weight excluding hydrogens is 228 g/mol. The number of nitro benzene ring substituents is 1. The average Bonchev–Trinajstić information content (AvgIpc) is 2.15. The summed E-state index contributed by atoms with van der Waals surface area (Å²) in [7, 11) is 1.92. The predicted molar refractivity (Wildman–Crippen MR) is 66.2 cm³/mol. The second kappa shape index (κ2) is 5.16. The lowest BCUT2D eigenvalue weighted by Gasteiger charge is -2.22. The van der Waals surface area contributed by atoms with Crippen molar-refractivity contribution in [1.82, 2.24) is 0 Å². The molecule has 0 aromatic heterocycles. The third kappa shape index (κ3) is 3.10. The van der Waals surface area contributed by atoms with E-state index in [1.54, 1.807) is 6.07 Å². The van der Waals surface area contributed by atoms with Crippen molar-refractivity contribution in [3.8, 4) is 0 Å². The van der Waals surface area contributed by atoms with Gasteiger partial charge in [-0.15, -0.1) is 0 Å². The lowest BCUT2D eigenvalue weighted by Crippen LogP contribution is -2.22. The summed E-state index contributed by atoms with van der Waals surface area (Å²) >= 11 is 6.01. The Morgan fingerprint density at radius 2 is 2.12 bits per heavy atom. The molecule has 1 aromatic rings. The molecule has 0 spiro atoms. The van der Waals surface area contributed by atoms with Crippen LogP contribution in [0.15, 0.2) is 18.2 Å². The number of hydrogen-bond donors (Lipinski definition) is 0. The van der Waals surface area contributed by atoms with Crippen molar-refractivity contribution in [2.75, 3.05) is 18.5 Å². The van der Waals surface area contributed by atoms with Gasteiger partial charge in [0.15, 0.2) is 0 Å². The van der Waals surface area contributed by atoms with Crippen molar-refractivity contribution in [3.05, 3.63) is 33.3 Å². The summed E-state index contributed by atoms with van der Waals surface area (Å²) in [4.78, 5) is 12.1. The molecule has 16 heavy (non-hydrogen) atoms. The normalized spacial score (nSPS) is 10.6. The Morgan fingerprint density at radius 3 is 2.56 bits per heavy atom. The molecule has 88 valence electrons. The zero-order valence-corrected chi connectivity index (χ0v) is 10.4. The number of halogens is 1. The molecule has 0 amide bonds. The number of rotatable bonds is 4. The summed E-state index contributed by atoms with van der Waals surface area (Å²) in [6.07, 6.45) is 0. The third-order valence-electron chi connectivity index (χ3n) is 2.19. The van der Waals surface area contributed by atoms with Gasteiger partial charge in [-0.25, -0.2) is 0 Å². The molecule has 0 aliphatic heterocycles. The molecule has 0 heterocycles. The monoisotopic (exact) mass is 242 g/mol. The van der Waals surface area contributed by atoms with Gasteiger partial charge in [0.1, 0.15) is 0 Å². The van der Waals surface area contributed by atoms with E-state index in [9.17, 15) is 10.1 Å². The quantitative estimate of drug-likeness (QED) is 0.601. The maximum absolute atomic E-state index is 10.5. The van der Waals surface area contributed by atoms with Crippen molar-refractivity contribution in [3.63, 3.8) is 0 Å². The van der Waals surface area contributed by atoms with E-state index < -0.39 is 4.92 Å². The summed E-state index contributed by atoms with van der Waals surface area (Å²) in [5, 5.41) is 11.0. The van der Waals surface area contributed by atoms with E-state index in [1.807, 2.05) is 11.9 Å². The van der Waals surface area contributed by atoms with Crippen LogP contribution in [0.4, 0.5) is 11.4 Å². The third-order valence-corrected chi connectivity index (χ3v) is 2.50. The van der Waals surface area contributed by atoms with E-state index in [2.05, 4.69) is 13.8 Å². The van der Waals surface area contributed by atoms with E-state index in [0.29, 0.717) is 10.9 Å². The van der Waals surface area contributed by atoms with Crippen LogP contribution in [-0.4, -0.2) is 18.5 Å². The highest BCUT2D eigenvalue weighted by atomic mass is 35.5. The van der Waals surface area contributed by atoms with Crippen LogP contribution < -0.4 is 4.90 Å². The zero-order valence-electron chi connectivity index (χ0n) is 9.61. The SMILES string of the molecule is CC(C)CN(C)c1ccc([N+](=O)[O-])cc1Cl. The largest absolute Gasteiger partial charge is 0.373 e. The minimum atomic E-state index is -0.446. The smallest absolute Gasteiger partial charge is 0.271 e. The topological polar surface area (TPSA) is 46.4 Å². The van der Waals surface area contributed by atoms with Gasteiger partial charge in [-0.2, -0.15) is 0 Å². The van der Waals surface area contributed by atoms with Crippen molar-refractivity contribution in [2.24, 2.45) is 5.92 Å². The lowest BCUT2D eigenvalue weighted by atomic mass is 10.2. The molecule has 0 saturated heterocycles. The summed E-state index contributed by atoms with van der Waals surface area (Å²) in [5.41, 5.74) is 0.840. The Labute approximate surface area is 100.0 Å². The maximum Gasteiger partial charge on any atom is 0.271 e. The predicted octanol–water partition coefficient (Wildman–Crippen LogP) is 3.34. The molecule has 0 unspecified atom stereocenters. The Bertz CT molecular complexity index is 394. The standard InChI is InChI=1S/C11H15ClN2O2/c1-8(2)7-13(3)11-5-4-9(14(15)16)6-10(11)12/h4-6,8H,7H2,1-3H3. The van der Waals surface area contributed by atoms with E-state index in [0.717, 1.165) is 12.2 Å². The minimum Gasteiger partial charge on any atom is -0.373 e. The van der Waals surface area contributed by atoms with Gasteiger partial charge in [0.25, 0.3) is 5.69 Å². The van der Waals surface area contributed by atoms with Gasteiger partial charge in [0.05, 0.1) is 15.6 Å². The second-order valence-corrected chi connectivity index (χ2v) is 4.57. The fourth-order valence-corrected chi connectivity index (χ4v) is 1.88. The number of benzene rings is 1. The first kappa shape index (κ1) is 12.8. The van der Waals surface area contributed by atoms with E-state index in [-0.39, 0.29) is 5.69 Å². The van der Waals surface area contributed by atoms with Crippen LogP contribution in [0, 0.1) is 16.0 Å². The van der Waals surface area contributed by atoms with Crippen LogP contribution in [0.1, 0.15) is 13.8 Å². The Kier molecular flexibility index (Phi) is 4.12. The fraction of sp³-hybridized carbons (Fsp3) is 0.455. The van der Waals surface area contributed by atoms with Crippen LogP contribution >= 0.6 is 11.6 Å². The Balaban J connectivity index is 2.94. The van der Waals surface area contributed by atoms with Crippen LogP contribution in [0.5, 0.6) is 0 Å². The van der Waals surface area contributed by atoms with E-state index >= 15 is 0 Å². The van der Waals surface area contributed by atoms with Crippen LogP contribution in [0.25, 0.3) is 0 Å². The van der Waals surface area contributed by atoms with Crippen molar-refractivity contribution in [1.29, 1.82) is 0 Å². The van der Waals surface area contributed by atoms with Crippen molar-refractivity contribution < 1.29 is 4.92 Å². The Morgan fingerprint density at radius 1 is 1.50 bits per heavy atom. The molecule has 0 aliphatic rings. The first-order valence-electron chi connectivity index (χ1n) is 5.07. The molecule has 0 fully saturated rings. The molecular formula is C11H15ClN2O2.